The van der Waals surface area contributed by atoms with Gasteiger partial charge in [-0.1, -0.05) is 92.8 Å². The molecule has 0 amide bonds. The van der Waals surface area contributed by atoms with Crippen LogP contribution < -0.4 is 0 Å². The summed E-state index contributed by atoms with van der Waals surface area (Å²) in [5.74, 6) is -5.67. The molecule has 19 nitrogen and oxygen atoms in total. The Balaban J connectivity index is 1.21. The number of aliphatic hydroxyl groups excluding tert-OH is 3. The quantitative estimate of drug-likeness (QED) is 0.0797. The molecule has 2 aliphatic carbocycles. The molecule has 4 N–H and O–H groups in total. The van der Waals surface area contributed by atoms with E-state index in [4.69, 9.17) is 37.9 Å². The van der Waals surface area contributed by atoms with E-state index < -0.39 is 128 Å². The SMILES string of the molecule is COC(=O)C1CC(n2cc(-c3cccc(F)c3)nn2)[C@@H](O[C@@H]2OC(C)[C@@H](O)[C@H](O)C2O)[C@H](O[C@@H]2OC(COC(=O)c3ccccc3)[C@H](C)[C@H](O[C@@H](CC3CCCCC3)C(=O)O)C2OC(=O)c2ccccc2)C1. The molecule has 3 heterocycles. The summed E-state index contributed by atoms with van der Waals surface area (Å²) in [4.78, 5) is 54.5. The third kappa shape index (κ3) is 12.4. The topological polar surface area (TPSA) is 254 Å². The van der Waals surface area contributed by atoms with Crippen molar-refractivity contribution in [1.29, 1.82) is 0 Å². The minimum absolute atomic E-state index is 0.0348. The molecule has 0 bridgehead atoms. The van der Waals surface area contributed by atoms with Gasteiger partial charge >= 0.3 is 23.9 Å². The maximum absolute atomic E-state index is 14.5. The van der Waals surface area contributed by atoms with Crippen molar-refractivity contribution in [2.75, 3.05) is 13.7 Å². The van der Waals surface area contributed by atoms with Crippen LogP contribution in [0, 0.1) is 23.6 Å². The molecule has 4 aromatic rings. The number of carbonyl (C=O) groups is 4. The van der Waals surface area contributed by atoms with Gasteiger partial charge in [-0.15, -0.1) is 5.10 Å². The maximum Gasteiger partial charge on any atom is 0.338 e. The summed E-state index contributed by atoms with van der Waals surface area (Å²) in [5, 5.41) is 52.3. The molecule has 0 radical (unpaired) electrons. The van der Waals surface area contributed by atoms with E-state index in [0.29, 0.717) is 5.56 Å². The highest BCUT2D eigenvalue weighted by molar-refractivity contribution is 5.90. The molecule has 1 aromatic heterocycles. The predicted molar refractivity (Wildman–Crippen MR) is 249 cm³/mol. The molecule has 4 aliphatic rings. The maximum atomic E-state index is 14.5. The van der Waals surface area contributed by atoms with Gasteiger partial charge in [0.05, 0.1) is 48.6 Å². The lowest BCUT2D eigenvalue weighted by Crippen LogP contribution is -2.62. The average Bonchev–Trinajstić information content (AvgIpc) is 3.89. The van der Waals surface area contributed by atoms with Crippen LogP contribution in [0.4, 0.5) is 4.39 Å². The first-order valence-corrected chi connectivity index (χ1v) is 24.5. The number of carboxylic acids is 1. The van der Waals surface area contributed by atoms with Gasteiger partial charge in [-0.25, -0.2) is 23.5 Å². The molecule has 2 saturated heterocycles. The van der Waals surface area contributed by atoms with Gasteiger partial charge in [0.2, 0.25) is 0 Å². The highest BCUT2D eigenvalue weighted by Crippen LogP contribution is 2.42. The fraction of sp³-hybridized carbons (Fsp3) is 0.538. The Kier molecular flexibility index (Phi) is 17.5. The van der Waals surface area contributed by atoms with Crippen LogP contribution in [0.25, 0.3) is 11.3 Å². The molecule has 2 saturated carbocycles. The van der Waals surface area contributed by atoms with Crippen LogP contribution in [0.5, 0.6) is 0 Å². The summed E-state index contributed by atoms with van der Waals surface area (Å²) in [6.07, 6.45) is -11.3. The van der Waals surface area contributed by atoms with Crippen LogP contribution in [0.1, 0.15) is 92.0 Å². The minimum Gasteiger partial charge on any atom is -0.479 e. The number of methoxy groups -OCH3 is 1. The molecule has 20 heteroatoms. The second-order valence-corrected chi connectivity index (χ2v) is 19.1. The van der Waals surface area contributed by atoms with Crippen LogP contribution in [0.3, 0.4) is 0 Å². The molecule has 8 rings (SSSR count). The molecule has 2 aliphatic heterocycles. The molecular weight excluding hydrogens is 942 g/mol. The second kappa shape index (κ2) is 23.9. The van der Waals surface area contributed by atoms with Crippen molar-refractivity contribution in [1.82, 2.24) is 15.0 Å². The van der Waals surface area contributed by atoms with E-state index in [-0.39, 0.29) is 42.0 Å². The van der Waals surface area contributed by atoms with Gasteiger partial charge in [-0.2, -0.15) is 0 Å². The van der Waals surface area contributed by atoms with Crippen LogP contribution >= 0.6 is 0 Å². The van der Waals surface area contributed by atoms with Crippen molar-refractivity contribution in [3.8, 4) is 11.3 Å². The Morgan fingerprint density at radius 3 is 2.15 bits per heavy atom. The molecule has 3 aromatic carbocycles. The lowest BCUT2D eigenvalue weighted by Gasteiger charge is -2.49. The number of ether oxygens (including phenoxy) is 8. The zero-order valence-corrected chi connectivity index (χ0v) is 40.2. The summed E-state index contributed by atoms with van der Waals surface area (Å²) in [6.45, 7) is 2.78. The number of carboxylic acid groups (broad SMARTS) is 1. The Bertz CT molecular complexity index is 2440. The first kappa shape index (κ1) is 52.6. The fourth-order valence-electron chi connectivity index (χ4n) is 10.2. The number of aromatic nitrogens is 3. The lowest BCUT2D eigenvalue weighted by molar-refractivity contribution is -0.344. The van der Waals surface area contributed by atoms with E-state index in [1.165, 1.54) is 55.2 Å². The van der Waals surface area contributed by atoms with E-state index in [0.717, 1.165) is 32.1 Å². The highest BCUT2D eigenvalue weighted by Gasteiger charge is 2.54. The third-order valence-electron chi connectivity index (χ3n) is 14.2. The van der Waals surface area contributed by atoms with Crippen molar-refractivity contribution in [2.45, 2.75) is 145 Å². The number of aliphatic carboxylic acids is 1. The molecule has 388 valence electrons. The smallest absolute Gasteiger partial charge is 0.338 e. The zero-order valence-electron chi connectivity index (χ0n) is 40.2. The van der Waals surface area contributed by atoms with Crippen molar-refractivity contribution >= 4 is 23.9 Å². The first-order chi connectivity index (χ1) is 34.7. The van der Waals surface area contributed by atoms with Crippen LogP contribution in [0.2, 0.25) is 0 Å². The minimum atomic E-state index is -1.81. The van der Waals surface area contributed by atoms with Gasteiger partial charge in [0.15, 0.2) is 24.8 Å². The molecule has 72 heavy (non-hydrogen) atoms. The number of hydrogen-bond donors (Lipinski definition) is 4. The molecule has 0 spiro atoms. The molecule has 15 atom stereocenters. The monoisotopic (exact) mass is 1000 g/mol. The van der Waals surface area contributed by atoms with Crippen LogP contribution in [-0.4, -0.2) is 147 Å². The number of esters is 3. The molecular formula is C52H62FN3O16. The van der Waals surface area contributed by atoms with E-state index in [2.05, 4.69) is 10.3 Å². The standard InChI is InChI=1S/C52H62FN3O16/c1-28-40(27-66-49(63)31-16-9-5-10-17-31)70-52(46(71-50(64)32-18-11-6-12-19-32)44(28)68-39(47(60)61)22-30-14-7-4-8-15-30)69-38-25-34(48(62)65-3)24-37(45(38)72-51-43(59)42(58)41(57)29(2)67-51)56-26-36(54-55-56)33-20-13-21-35(53)23-33/h5-6,9-13,16-21,23,26,28-30,34,37-46,51-52,57-59H,4,7-8,14-15,22,24-25,27H2,1-3H3,(H,60,61)/t28-,29?,34?,37?,38+,39-,40?,41+,42-,43?,44-,45+,46?,51-,52+/m0/s1. The summed E-state index contributed by atoms with van der Waals surface area (Å²) < 4.78 is 66.1. The van der Waals surface area contributed by atoms with Gasteiger partial charge in [0.1, 0.15) is 54.7 Å². The van der Waals surface area contributed by atoms with Gasteiger partial charge in [-0.05, 0) is 68.5 Å². The summed E-state index contributed by atoms with van der Waals surface area (Å²) in [5.41, 5.74) is 1.02. The largest absolute Gasteiger partial charge is 0.479 e. The van der Waals surface area contributed by atoms with Crippen molar-refractivity contribution in [3.05, 3.63) is 108 Å². The average molecular weight is 1000 g/mol. The van der Waals surface area contributed by atoms with Crippen LogP contribution in [0.15, 0.2) is 91.1 Å². The molecule has 4 fully saturated rings. The normalized spacial score (nSPS) is 31.5. The number of hydrogen-bond acceptors (Lipinski definition) is 17. The second-order valence-electron chi connectivity index (χ2n) is 19.1. The fourth-order valence-corrected chi connectivity index (χ4v) is 10.2. The third-order valence-corrected chi connectivity index (χ3v) is 14.2. The highest BCUT2D eigenvalue weighted by atomic mass is 19.1. The lowest BCUT2D eigenvalue weighted by atomic mass is 9.81. The number of rotatable bonds is 17. The Labute approximate surface area is 415 Å². The van der Waals surface area contributed by atoms with E-state index in [1.54, 1.807) is 61.5 Å². The number of carbonyl (C=O) groups excluding carboxylic acids is 3. The predicted octanol–water partition coefficient (Wildman–Crippen LogP) is 5.06. The van der Waals surface area contributed by atoms with E-state index in [1.807, 2.05) is 0 Å². The van der Waals surface area contributed by atoms with Gasteiger partial charge in [0.25, 0.3) is 0 Å². The van der Waals surface area contributed by atoms with Gasteiger partial charge in [0, 0.05) is 11.5 Å². The zero-order chi connectivity index (χ0) is 51.1. The molecule has 6 unspecified atom stereocenters. The van der Waals surface area contributed by atoms with Gasteiger partial charge < -0.3 is 58.3 Å². The number of nitrogens with zero attached hydrogens (tertiary/aromatic N) is 3. The van der Waals surface area contributed by atoms with E-state index in [9.17, 15) is 44.0 Å². The summed E-state index contributed by atoms with van der Waals surface area (Å²) >= 11 is 0. The van der Waals surface area contributed by atoms with E-state index >= 15 is 0 Å². The summed E-state index contributed by atoms with van der Waals surface area (Å²) in [7, 11) is 1.22. The van der Waals surface area contributed by atoms with Crippen molar-refractivity contribution < 1.29 is 81.9 Å². The Hall–Kier alpha value is -5.71. The van der Waals surface area contributed by atoms with Crippen molar-refractivity contribution in [3.63, 3.8) is 0 Å². The van der Waals surface area contributed by atoms with Crippen molar-refractivity contribution in [2.24, 2.45) is 17.8 Å². The van der Waals surface area contributed by atoms with Gasteiger partial charge in [-0.3, -0.25) is 4.79 Å². The Morgan fingerprint density at radius 1 is 0.792 bits per heavy atom. The number of benzene rings is 3. The first-order valence-electron chi connectivity index (χ1n) is 24.5. The van der Waals surface area contributed by atoms with Crippen LogP contribution in [-0.2, 0) is 47.5 Å². The number of halogens is 1. The Morgan fingerprint density at radius 2 is 1.49 bits per heavy atom. The number of aliphatic hydroxyl groups is 3. The summed E-state index contributed by atoms with van der Waals surface area (Å²) in [6, 6.07) is 20.9.